The van der Waals surface area contributed by atoms with Gasteiger partial charge in [0.15, 0.2) is 0 Å². The van der Waals surface area contributed by atoms with E-state index in [1.165, 1.54) is 11.1 Å². The van der Waals surface area contributed by atoms with Crippen molar-refractivity contribution in [1.29, 1.82) is 0 Å². The van der Waals surface area contributed by atoms with Gasteiger partial charge in [0.05, 0.1) is 13.0 Å². The number of hydrogen-bond donors (Lipinski definition) is 0. The van der Waals surface area contributed by atoms with Gasteiger partial charge in [-0.2, -0.15) is 0 Å². The number of halogens is 1. The lowest BCUT2D eigenvalue weighted by atomic mass is 9.96. The number of likely N-dealkylation sites (tertiary alicyclic amines) is 1. The summed E-state index contributed by atoms with van der Waals surface area (Å²) in [5.41, 5.74) is 3.53. The monoisotopic (exact) mass is 341 g/mol. The van der Waals surface area contributed by atoms with Crippen LogP contribution in [0, 0.1) is 0 Å². The summed E-state index contributed by atoms with van der Waals surface area (Å²) in [4.78, 5) is 14.5. The van der Waals surface area contributed by atoms with Crippen LogP contribution in [0.25, 0.3) is 0 Å². The fourth-order valence-corrected chi connectivity index (χ4v) is 3.84. The molecular formula is C20H20ClNO2. The average Bonchev–Trinajstić information content (AvgIpc) is 3.25. The molecule has 1 fully saturated rings. The molecule has 1 saturated heterocycles. The van der Waals surface area contributed by atoms with Crippen molar-refractivity contribution in [3.63, 3.8) is 0 Å². The number of nitrogens with zero attached hydrogens (tertiary/aromatic N) is 1. The number of amides is 1. The quantitative estimate of drug-likeness (QED) is 0.849. The zero-order chi connectivity index (χ0) is 16.5. The molecule has 24 heavy (non-hydrogen) atoms. The first-order chi connectivity index (χ1) is 11.7. The Morgan fingerprint density at radius 1 is 1.25 bits per heavy atom. The van der Waals surface area contributed by atoms with Gasteiger partial charge in [-0.05, 0) is 35.2 Å². The molecule has 2 heterocycles. The minimum Gasteiger partial charge on any atom is -0.493 e. The van der Waals surface area contributed by atoms with Gasteiger partial charge in [0.1, 0.15) is 5.75 Å². The van der Waals surface area contributed by atoms with Gasteiger partial charge >= 0.3 is 0 Å². The van der Waals surface area contributed by atoms with Crippen LogP contribution in [0.1, 0.15) is 29.0 Å². The highest BCUT2D eigenvalue weighted by Gasteiger charge is 2.28. The fraction of sp³-hybridized carbons (Fsp3) is 0.350. The van der Waals surface area contributed by atoms with Gasteiger partial charge in [0.25, 0.3) is 0 Å². The van der Waals surface area contributed by atoms with Gasteiger partial charge in [-0.15, -0.1) is 0 Å². The van der Waals surface area contributed by atoms with Crippen molar-refractivity contribution >= 4 is 17.5 Å². The van der Waals surface area contributed by atoms with Crippen molar-refractivity contribution in [2.45, 2.75) is 25.2 Å². The molecule has 3 nitrogen and oxygen atoms in total. The van der Waals surface area contributed by atoms with Gasteiger partial charge in [0, 0.05) is 30.5 Å². The highest BCUT2D eigenvalue weighted by Crippen LogP contribution is 2.33. The van der Waals surface area contributed by atoms with E-state index < -0.39 is 0 Å². The number of fused-ring (bicyclic) bond motifs is 1. The molecule has 4 rings (SSSR count). The maximum atomic E-state index is 12.6. The van der Waals surface area contributed by atoms with E-state index in [0.29, 0.717) is 17.4 Å². The van der Waals surface area contributed by atoms with E-state index in [9.17, 15) is 4.79 Å². The molecule has 0 N–H and O–H groups in total. The molecule has 0 aliphatic carbocycles. The standard InChI is InChI=1S/C20H20ClNO2/c21-18-4-2-1-3-15(18)12-20(23)22-9-7-17(13-22)14-5-6-19-16(11-14)8-10-24-19/h1-6,11,17H,7-10,12-13H2/t17-/m1/s1. The van der Waals surface area contributed by atoms with Crippen molar-refractivity contribution in [3.05, 3.63) is 64.2 Å². The van der Waals surface area contributed by atoms with E-state index in [0.717, 1.165) is 43.9 Å². The first-order valence-electron chi connectivity index (χ1n) is 8.47. The van der Waals surface area contributed by atoms with E-state index in [1.54, 1.807) is 0 Å². The molecule has 4 heteroatoms. The minimum atomic E-state index is 0.162. The summed E-state index contributed by atoms with van der Waals surface area (Å²) in [6, 6.07) is 14.1. The van der Waals surface area contributed by atoms with E-state index >= 15 is 0 Å². The molecule has 0 saturated carbocycles. The average molecular weight is 342 g/mol. The van der Waals surface area contributed by atoms with Crippen LogP contribution in [0.15, 0.2) is 42.5 Å². The van der Waals surface area contributed by atoms with Crippen LogP contribution < -0.4 is 4.74 Å². The van der Waals surface area contributed by atoms with Crippen LogP contribution >= 0.6 is 11.6 Å². The van der Waals surface area contributed by atoms with Crippen molar-refractivity contribution < 1.29 is 9.53 Å². The number of ether oxygens (including phenoxy) is 1. The van der Waals surface area contributed by atoms with Crippen molar-refractivity contribution in [1.82, 2.24) is 4.90 Å². The molecule has 2 aromatic carbocycles. The van der Waals surface area contributed by atoms with Crippen molar-refractivity contribution in [3.8, 4) is 5.75 Å². The molecule has 0 aromatic heterocycles. The van der Waals surface area contributed by atoms with Crippen LogP contribution in [-0.2, 0) is 17.6 Å². The van der Waals surface area contributed by atoms with Gasteiger partial charge < -0.3 is 9.64 Å². The van der Waals surface area contributed by atoms with Crippen molar-refractivity contribution in [2.75, 3.05) is 19.7 Å². The third-order valence-electron chi connectivity index (χ3n) is 5.03. The Hall–Kier alpha value is -2.00. The predicted molar refractivity (Wildman–Crippen MR) is 94.7 cm³/mol. The molecule has 0 radical (unpaired) electrons. The zero-order valence-corrected chi connectivity index (χ0v) is 14.3. The lowest BCUT2D eigenvalue weighted by Crippen LogP contribution is -2.30. The zero-order valence-electron chi connectivity index (χ0n) is 13.5. The Morgan fingerprint density at radius 2 is 2.12 bits per heavy atom. The Labute approximate surface area is 147 Å². The summed E-state index contributed by atoms with van der Waals surface area (Å²) >= 11 is 6.17. The molecule has 0 spiro atoms. The third kappa shape index (κ3) is 3.01. The number of hydrogen-bond acceptors (Lipinski definition) is 2. The molecule has 124 valence electrons. The largest absolute Gasteiger partial charge is 0.493 e. The summed E-state index contributed by atoms with van der Waals surface area (Å²) < 4.78 is 5.58. The number of carbonyl (C=O) groups is 1. The van der Waals surface area contributed by atoms with Gasteiger partial charge in [0.2, 0.25) is 5.91 Å². The van der Waals surface area contributed by atoms with Crippen molar-refractivity contribution in [2.24, 2.45) is 0 Å². The SMILES string of the molecule is O=C(Cc1ccccc1Cl)N1CC[C@@H](c2ccc3c(c2)CCO3)C1. The highest BCUT2D eigenvalue weighted by molar-refractivity contribution is 6.31. The number of carbonyl (C=O) groups excluding carboxylic acids is 1. The van der Waals surface area contributed by atoms with Crippen LogP contribution in [0.2, 0.25) is 5.02 Å². The second kappa shape index (κ2) is 6.48. The summed E-state index contributed by atoms with van der Waals surface area (Å²) in [6.07, 6.45) is 2.39. The lowest BCUT2D eigenvalue weighted by molar-refractivity contribution is -0.129. The Balaban J connectivity index is 1.43. The smallest absolute Gasteiger partial charge is 0.227 e. The Morgan fingerprint density at radius 3 is 3.00 bits per heavy atom. The summed E-state index contributed by atoms with van der Waals surface area (Å²) in [5.74, 6) is 1.60. The second-order valence-corrected chi connectivity index (χ2v) is 6.97. The minimum absolute atomic E-state index is 0.162. The van der Waals surface area contributed by atoms with E-state index in [1.807, 2.05) is 29.2 Å². The van der Waals surface area contributed by atoms with Crippen LogP contribution in [0.4, 0.5) is 0 Å². The highest BCUT2D eigenvalue weighted by atomic mass is 35.5. The number of benzene rings is 2. The van der Waals surface area contributed by atoms with Crippen LogP contribution in [0.5, 0.6) is 5.75 Å². The molecule has 2 aromatic rings. The normalized spacial score (nSPS) is 19.2. The molecule has 2 aliphatic heterocycles. The van der Waals surface area contributed by atoms with Gasteiger partial charge in [-0.3, -0.25) is 4.79 Å². The second-order valence-electron chi connectivity index (χ2n) is 6.56. The molecule has 2 aliphatic rings. The van der Waals surface area contributed by atoms with Crippen LogP contribution in [0.3, 0.4) is 0 Å². The topological polar surface area (TPSA) is 29.5 Å². The summed E-state index contributed by atoms with van der Waals surface area (Å²) in [7, 11) is 0. The van der Waals surface area contributed by atoms with Gasteiger partial charge in [-0.1, -0.05) is 41.9 Å². The predicted octanol–water partition coefficient (Wildman–Crippen LogP) is 3.83. The molecule has 0 bridgehead atoms. The first-order valence-corrected chi connectivity index (χ1v) is 8.85. The van der Waals surface area contributed by atoms with E-state index in [4.69, 9.17) is 16.3 Å². The first kappa shape index (κ1) is 15.5. The number of rotatable bonds is 3. The molecule has 1 atom stereocenters. The maximum Gasteiger partial charge on any atom is 0.227 e. The molecular weight excluding hydrogens is 322 g/mol. The van der Waals surface area contributed by atoms with Gasteiger partial charge in [-0.25, -0.2) is 0 Å². The third-order valence-corrected chi connectivity index (χ3v) is 5.39. The van der Waals surface area contributed by atoms with E-state index in [-0.39, 0.29) is 5.91 Å². The molecule has 1 amide bonds. The maximum absolute atomic E-state index is 12.6. The van der Waals surface area contributed by atoms with Crippen LogP contribution in [-0.4, -0.2) is 30.5 Å². The van der Waals surface area contributed by atoms with E-state index in [2.05, 4.69) is 18.2 Å². The summed E-state index contributed by atoms with van der Waals surface area (Å²) in [6.45, 7) is 2.40. The Bertz CT molecular complexity index is 774. The Kier molecular flexibility index (Phi) is 4.19. The molecule has 0 unspecified atom stereocenters. The summed E-state index contributed by atoms with van der Waals surface area (Å²) in [5, 5.41) is 0.667. The fourth-order valence-electron chi connectivity index (χ4n) is 3.64. The lowest BCUT2D eigenvalue weighted by Gasteiger charge is -2.17.